The maximum atomic E-state index is 12.6. The van der Waals surface area contributed by atoms with Crippen molar-refractivity contribution in [3.05, 3.63) is 23.9 Å². The van der Waals surface area contributed by atoms with E-state index < -0.39 is 0 Å². The molecule has 0 unspecified atom stereocenters. The highest BCUT2D eigenvalue weighted by Gasteiger charge is 2.32. The summed E-state index contributed by atoms with van der Waals surface area (Å²) >= 11 is 0. The van der Waals surface area contributed by atoms with Crippen molar-refractivity contribution in [3.8, 4) is 0 Å². The second-order valence-electron chi connectivity index (χ2n) is 5.89. The van der Waals surface area contributed by atoms with Gasteiger partial charge in [0.1, 0.15) is 5.82 Å². The number of hydrogen-bond donors (Lipinski definition) is 1. The van der Waals surface area contributed by atoms with E-state index in [4.69, 9.17) is 0 Å². The van der Waals surface area contributed by atoms with Crippen LogP contribution in [0.3, 0.4) is 0 Å². The third-order valence-electron chi connectivity index (χ3n) is 4.50. The molecule has 1 N–H and O–H groups in total. The van der Waals surface area contributed by atoms with Crippen molar-refractivity contribution in [1.29, 1.82) is 0 Å². The van der Waals surface area contributed by atoms with Gasteiger partial charge in [0.2, 0.25) is 11.8 Å². The molecular weight excluding hydrogens is 280 g/mol. The lowest BCUT2D eigenvalue weighted by Crippen LogP contribution is -2.40. The minimum atomic E-state index is 0.0561. The number of pyridine rings is 1. The fraction of sp³-hybridized carbons (Fsp3) is 0.562. The molecule has 0 aromatic carbocycles. The van der Waals surface area contributed by atoms with E-state index in [0.717, 1.165) is 37.2 Å². The number of aromatic nitrogens is 1. The molecule has 0 spiro atoms. The quantitative estimate of drug-likeness (QED) is 0.913. The lowest BCUT2D eigenvalue weighted by molar-refractivity contribution is -0.139. The van der Waals surface area contributed by atoms with Gasteiger partial charge in [-0.05, 0) is 37.0 Å². The molecule has 22 heavy (non-hydrogen) atoms. The number of rotatable bonds is 4. The van der Waals surface area contributed by atoms with Crippen LogP contribution in [0, 0.1) is 0 Å². The standard InChI is InChI=1S/C16H22N4O2/c1-17-14-10-12(6-7-18-14)13-4-2-9-20(13)16(22)11-19-8-3-5-15(19)21/h6-7,10,13H,2-5,8-9,11H2,1H3,(H,17,18)/t13-/m1/s1. The van der Waals surface area contributed by atoms with Crippen LogP contribution in [0.1, 0.15) is 37.3 Å². The Balaban J connectivity index is 1.72. The molecule has 1 aromatic heterocycles. The van der Waals surface area contributed by atoms with Crippen LogP contribution >= 0.6 is 0 Å². The van der Waals surface area contributed by atoms with Crippen molar-refractivity contribution in [2.24, 2.45) is 0 Å². The van der Waals surface area contributed by atoms with E-state index in [0.29, 0.717) is 13.0 Å². The van der Waals surface area contributed by atoms with Crippen LogP contribution in [0.15, 0.2) is 18.3 Å². The van der Waals surface area contributed by atoms with Crippen molar-refractivity contribution in [3.63, 3.8) is 0 Å². The van der Waals surface area contributed by atoms with Gasteiger partial charge in [0.15, 0.2) is 0 Å². The van der Waals surface area contributed by atoms with Crippen LogP contribution in [0.4, 0.5) is 5.82 Å². The zero-order valence-corrected chi connectivity index (χ0v) is 12.9. The molecule has 0 saturated carbocycles. The molecule has 0 radical (unpaired) electrons. The third-order valence-corrected chi connectivity index (χ3v) is 4.50. The molecule has 1 atom stereocenters. The molecule has 2 amide bonds. The zero-order valence-electron chi connectivity index (χ0n) is 12.9. The Morgan fingerprint density at radius 1 is 1.41 bits per heavy atom. The highest BCUT2D eigenvalue weighted by molar-refractivity contribution is 5.86. The number of nitrogens with zero attached hydrogens (tertiary/aromatic N) is 3. The van der Waals surface area contributed by atoms with Gasteiger partial charge < -0.3 is 15.1 Å². The molecule has 2 aliphatic rings. The van der Waals surface area contributed by atoms with E-state index in [-0.39, 0.29) is 24.4 Å². The lowest BCUT2D eigenvalue weighted by atomic mass is 10.1. The van der Waals surface area contributed by atoms with E-state index in [1.165, 1.54) is 0 Å². The molecule has 0 bridgehead atoms. The van der Waals surface area contributed by atoms with Crippen molar-refractivity contribution >= 4 is 17.6 Å². The summed E-state index contributed by atoms with van der Waals surface area (Å²) in [6, 6.07) is 4.07. The Bertz CT molecular complexity index is 575. The molecule has 2 saturated heterocycles. The minimum Gasteiger partial charge on any atom is -0.373 e. The fourth-order valence-corrected chi connectivity index (χ4v) is 3.33. The van der Waals surface area contributed by atoms with Gasteiger partial charge in [0, 0.05) is 32.8 Å². The highest BCUT2D eigenvalue weighted by Crippen LogP contribution is 2.32. The topological polar surface area (TPSA) is 65.5 Å². The SMILES string of the molecule is CNc1cc([C@H]2CCCN2C(=O)CN2CCCC2=O)ccn1. The summed E-state index contributed by atoms with van der Waals surface area (Å²) in [6.07, 6.45) is 5.18. The average Bonchev–Trinajstić information content (AvgIpc) is 3.17. The number of carbonyl (C=O) groups excluding carboxylic acids is 2. The van der Waals surface area contributed by atoms with Crippen molar-refractivity contribution < 1.29 is 9.59 Å². The molecule has 6 heteroatoms. The Labute approximate surface area is 130 Å². The van der Waals surface area contributed by atoms with Crippen LogP contribution in [-0.2, 0) is 9.59 Å². The van der Waals surface area contributed by atoms with Crippen LogP contribution < -0.4 is 5.32 Å². The average molecular weight is 302 g/mol. The zero-order chi connectivity index (χ0) is 15.5. The van der Waals surface area contributed by atoms with Gasteiger partial charge in [-0.25, -0.2) is 4.98 Å². The van der Waals surface area contributed by atoms with Crippen LogP contribution in [0.5, 0.6) is 0 Å². The first-order chi connectivity index (χ1) is 10.7. The van der Waals surface area contributed by atoms with Gasteiger partial charge in [-0.3, -0.25) is 9.59 Å². The Morgan fingerprint density at radius 3 is 3.00 bits per heavy atom. The normalized spacial score (nSPS) is 21.5. The van der Waals surface area contributed by atoms with E-state index in [1.54, 1.807) is 11.1 Å². The van der Waals surface area contributed by atoms with Crippen molar-refractivity contribution in [1.82, 2.24) is 14.8 Å². The molecule has 1 aromatic rings. The molecule has 3 heterocycles. The third kappa shape index (κ3) is 2.91. The second kappa shape index (κ2) is 6.34. The first-order valence-electron chi connectivity index (χ1n) is 7.90. The molecule has 2 fully saturated rings. The first-order valence-corrected chi connectivity index (χ1v) is 7.90. The number of likely N-dealkylation sites (tertiary alicyclic amines) is 2. The largest absolute Gasteiger partial charge is 0.373 e. The predicted octanol–water partition coefficient (Wildman–Crippen LogP) is 1.41. The van der Waals surface area contributed by atoms with Crippen molar-refractivity contribution in [2.75, 3.05) is 32.0 Å². The number of amides is 2. The molecule has 2 aliphatic heterocycles. The summed E-state index contributed by atoms with van der Waals surface area (Å²) < 4.78 is 0. The predicted molar refractivity (Wildman–Crippen MR) is 83.3 cm³/mol. The van der Waals surface area contributed by atoms with Crippen LogP contribution in [-0.4, -0.2) is 53.3 Å². The molecule has 3 rings (SSSR count). The fourth-order valence-electron chi connectivity index (χ4n) is 3.33. The maximum Gasteiger partial charge on any atom is 0.242 e. The second-order valence-corrected chi connectivity index (χ2v) is 5.89. The maximum absolute atomic E-state index is 12.6. The van der Waals surface area contributed by atoms with Crippen LogP contribution in [0.2, 0.25) is 0 Å². The van der Waals surface area contributed by atoms with E-state index in [9.17, 15) is 9.59 Å². The van der Waals surface area contributed by atoms with E-state index in [2.05, 4.69) is 10.3 Å². The molecular formula is C16H22N4O2. The van der Waals surface area contributed by atoms with Gasteiger partial charge in [-0.1, -0.05) is 0 Å². The minimum absolute atomic E-state index is 0.0561. The number of nitrogens with one attached hydrogen (secondary N) is 1. The van der Waals surface area contributed by atoms with Gasteiger partial charge in [-0.15, -0.1) is 0 Å². The monoisotopic (exact) mass is 302 g/mol. The Morgan fingerprint density at radius 2 is 2.27 bits per heavy atom. The lowest BCUT2D eigenvalue weighted by Gasteiger charge is -2.27. The number of hydrogen-bond acceptors (Lipinski definition) is 4. The highest BCUT2D eigenvalue weighted by atomic mass is 16.2. The van der Waals surface area contributed by atoms with Crippen molar-refractivity contribution in [2.45, 2.75) is 31.7 Å². The first kappa shape index (κ1) is 14.8. The summed E-state index contributed by atoms with van der Waals surface area (Å²) in [5.74, 6) is 0.970. The Kier molecular flexibility index (Phi) is 4.27. The summed E-state index contributed by atoms with van der Waals surface area (Å²) in [4.78, 5) is 32.1. The molecule has 6 nitrogen and oxygen atoms in total. The Hall–Kier alpha value is -2.11. The van der Waals surface area contributed by atoms with Crippen LogP contribution in [0.25, 0.3) is 0 Å². The summed E-state index contributed by atoms with van der Waals surface area (Å²) in [6.45, 7) is 1.70. The summed E-state index contributed by atoms with van der Waals surface area (Å²) in [7, 11) is 1.84. The molecule has 118 valence electrons. The summed E-state index contributed by atoms with van der Waals surface area (Å²) in [5, 5.41) is 3.03. The number of anilines is 1. The van der Waals surface area contributed by atoms with Gasteiger partial charge in [0.25, 0.3) is 0 Å². The number of carbonyl (C=O) groups is 2. The van der Waals surface area contributed by atoms with E-state index in [1.807, 2.05) is 24.1 Å². The molecule has 0 aliphatic carbocycles. The smallest absolute Gasteiger partial charge is 0.242 e. The van der Waals surface area contributed by atoms with Gasteiger partial charge in [-0.2, -0.15) is 0 Å². The van der Waals surface area contributed by atoms with E-state index >= 15 is 0 Å². The summed E-state index contributed by atoms with van der Waals surface area (Å²) in [5.41, 5.74) is 1.11. The van der Waals surface area contributed by atoms with Gasteiger partial charge >= 0.3 is 0 Å². The van der Waals surface area contributed by atoms with Gasteiger partial charge in [0.05, 0.1) is 12.6 Å².